The normalized spacial score (nSPS) is 31.2. The predicted molar refractivity (Wildman–Crippen MR) is 89.5 cm³/mol. The molecule has 0 spiro atoms. The van der Waals surface area contributed by atoms with Crippen molar-refractivity contribution < 1.29 is 0 Å². The van der Waals surface area contributed by atoms with Crippen molar-refractivity contribution in [1.82, 2.24) is 10.2 Å². The van der Waals surface area contributed by atoms with Gasteiger partial charge in [-0.05, 0) is 36.7 Å². The van der Waals surface area contributed by atoms with E-state index in [4.69, 9.17) is 0 Å². The summed E-state index contributed by atoms with van der Waals surface area (Å²) in [6, 6.07) is 11.5. The van der Waals surface area contributed by atoms with Crippen LogP contribution in [-0.2, 0) is 6.42 Å². The molecule has 0 amide bonds. The molecule has 1 heterocycles. The Morgan fingerprint density at radius 1 is 1.19 bits per heavy atom. The summed E-state index contributed by atoms with van der Waals surface area (Å²) < 4.78 is 0. The van der Waals surface area contributed by atoms with Crippen LogP contribution in [0.2, 0.25) is 0 Å². The molecular formula is C19H30N2. The molecule has 3 atom stereocenters. The van der Waals surface area contributed by atoms with Crippen LogP contribution in [-0.4, -0.2) is 37.1 Å². The summed E-state index contributed by atoms with van der Waals surface area (Å²) in [5.74, 6) is 1.90. The molecule has 3 rings (SSSR count). The van der Waals surface area contributed by atoms with E-state index in [1.165, 1.54) is 57.3 Å². The maximum absolute atomic E-state index is 3.70. The van der Waals surface area contributed by atoms with Gasteiger partial charge in [-0.1, -0.05) is 50.1 Å². The van der Waals surface area contributed by atoms with Gasteiger partial charge in [-0.3, -0.25) is 0 Å². The lowest BCUT2D eigenvalue weighted by Crippen LogP contribution is -2.52. The topological polar surface area (TPSA) is 15.3 Å². The van der Waals surface area contributed by atoms with Gasteiger partial charge < -0.3 is 10.2 Å². The van der Waals surface area contributed by atoms with Gasteiger partial charge in [0.25, 0.3) is 0 Å². The summed E-state index contributed by atoms with van der Waals surface area (Å²) in [4.78, 5) is 2.72. The largest absolute Gasteiger partial charge is 0.311 e. The van der Waals surface area contributed by atoms with Crippen molar-refractivity contribution in [2.24, 2.45) is 11.8 Å². The minimum absolute atomic E-state index is 0.627. The van der Waals surface area contributed by atoms with Gasteiger partial charge in [0.05, 0.1) is 0 Å². The average molecular weight is 286 g/mol. The Hall–Kier alpha value is -0.860. The molecule has 1 aliphatic heterocycles. The van der Waals surface area contributed by atoms with Crippen LogP contribution in [0.1, 0.15) is 38.2 Å². The van der Waals surface area contributed by atoms with E-state index in [1.54, 1.807) is 0 Å². The number of benzene rings is 1. The van der Waals surface area contributed by atoms with E-state index in [-0.39, 0.29) is 0 Å². The molecule has 2 fully saturated rings. The highest BCUT2D eigenvalue weighted by atomic mass is 15.2. The second-order valence-corrected chi connectivity index (χ2v) is 7.24. The fraction of sp³-hybridized carbons (Fsp3) is 0.684. The molecule has 1 aromatic rings. The number of nitrogens with one attached hydrogen (secondary N) is 1. The van der Waals surface area contributed by atoms with Crippen molar-refractivity contribution in [3.63, 3.8) is 0 Å². The first-order chi connectivity index (χ1) is 10.3. The monoisotopic (exact) mass is 286 g/mol. The molecule has 1 N–H and O–H groups in total. The van der Waals surface area contributed by atoms with E-state index in [2.05, 4.69) is 47.5 Å². The molecule has 0 radical (unpaired) electrons. The highest BCUT2D eigenvalue weighted by Crippen LogP contribution is 2.29. The van der Waals surface area contributed by atoms with Gasteiger partial charge in [-0.25, -0.2) is 0 Å². The van der Waals surface area contributed by atoms with E-state index in [0.717, 1.165) is 18.4 Å². The highest BCUT2D eigenvalue weighted by Gasteiger charge is 2.24. The molecule has 0 bridgehead atoms. The molecule has 1 aliphatic carbocycles. The van der Waals surface area contributed by atoms with Crippen LogP contribution in [0.5, 0.6) is 0 Å². The van der Waals surface area contributed by atoms with Crippen molar-refractivity contribution in [2.45, 2.75) is 45.1 Å². The van der Waals surface area contributed by atoms with Crippen molar-refractivity contribution in [2.75, 3.05) is 26.2 Å². The van der Waals surface area contributed by atoms with Gasteiger partial charge in [-0.15, -0.1) is 0 Å². The van der Waals surface area contributed by atoms with Crippen LogP contribution >= 0.6 is 0 Å². The molecule has 116 valence electrons. The lowest BCUT2D eigenvalue weighted by molar-refractivity contribution is 0.143. The zero-order valence-corrected chi connectivity index (χ0v) is 13.4. The maximum Gasteiger partial charge on any atom is 0.0235 e. The predicted octanol–water partition coefficient (Wildman–Crippen LogP) is 3.33. The van der Waals surface area contributed by atoms with E-state index in [9.17, 15) is 0 Å². The highest BCUT2D eigenvalue weighted by molar-refractivity contribution is 5.16. The van der Waals surface area contributed by atoms with E-state index >= 15 is 0 Å². The number of nitrogens with zero attached hydrogens (tertiary/aromatic N) is 1. The molecule has 21 heavy (non-hydrogen) atoms. The van der Waals surface area contributed by atoms with Crippen LogP contribution in [0.15, 0.2) is 30.3 Å². The van der Waals surface area contributed by atoms with Crippen molar-refractivity contribution in [3.05, 3.63) is 35.9 Å². The summed E-state index contributed by atoms with van der Waals surface area (Å²) in [6.07, 6.45) is 6.98. The number of hydrogen-bond acceptors (Lipinski definition) is 2. The quantitative estimate of drug-likeness (QED) is 0.913. The van der Waals surface area contributed by atoms with Gasteiger partial charge in [0.1, 0.15) is 0 Å². The fourth-order valence-electron chi connectivity index (χ4n) is 4.19. The molecule has 0 aromatic heterocycles. The fourth-order valence-corrected chi connectivity index (χ4v) is 4.19. The van der Waals surface area contributed by atoms with Crippen LogP contribution in [0.3, 0.4) is 0 Å². The van der Waals surface area contributed by atoms with Crippen molar-refractivity contribution in [1.29, 1.82) is 0 Å². The van der Waals surface area contributed by atoms with E-state index in [0.29, 0.717) is 6.04 Å². The van der Waals surface area contributed by atoms with Gasteiger partial charge >= 0.3 is 0 Å². The third-order valence-corrected chi connectivity index (χ3v) is 5.23. The molecule has 3 unspecified atom stereocenters. The first-order valence-corrected chi connectivity index (χ1v) is 8.79. The van der Waals surface area contributed by atoms with Crippen molar-refractivity contribution in [3.8, 4) is 0 Å². The Morgan fingerprint density at radius 2 is 2.05 bits per heavy atom. The van der Waals surface area contributed by atoms with Gasteiger partial charge in [0.2, 0.25) is 0 Å². The summed E-state index contributed by atoms with van der Waals surface area (Å²) in [7, 11) is 0. The Bertz CT molecular complexity index is 417. The SMILES string of the molecule is CC1CCCC(CN2CCNC(Cc3ccccc3)C2)C1. The molecule has 2 heteroatoms. The minimum Gasteiger partial charge on any atom is -0.311 e. The smallest absolute Gasteiger partial charge is 0.0235 e. The lowest BCUT2D eigenvalue weighted by atomic mass is 9.82. The molecule has 1 saturated carbocycles. The Kier molecular flexibility index (Phi) is 5.32. The van der Waals surface area contributed by atoms with Gasteiger partial charge in [0.15, 0.2) is 0 Å². The van der Waals surface area contributed by atoms with E-state index in [1.807, 2.05) is 0 Å². The average Bonchev–Trinajstić information content (AvgIpc) is 2.49. The molecule has 2 aliphatic rings. The first kappa shape index (κ1) is 15.1. The second-order valence-electron chi connectivity index (χ2n) is 7.24. The standard InChI is InChI=1S/C19H30N2/c1-16-6-5-9-18(12-16)14-21-11-10-20-19(15-21)13-17-7-3-2-4-8-17/h2-4,7-8,16,18-20H,5-6,9-15H2,1H3. The molecule has 2 nitrogen and oxygen atoms in total. The maximum atomic E-state index is 3.70. The first-order valence-electron chi connectivity index (χ1n) is 8.79. The van der Waals surface area contributed by atoms with E-state index < -0.39 is 0 Å². The second kappa shape index (κ2) is 7.42. The molecule has 1 aromatic carbocycles. The van der Waals surface area contributed by atoms with Crippen LogP contribution < -0.4 is 5.32 Å². The number of rotatable bonds is 4. The number of piperazine rings is 1. The Morgan fingerprint density at radius 3 is 2.86 bits per heavy atom. The minimum atomic E-state index is 0.627. The summed E-state index contributed by atoms with van der Waals surface area (Å²) in [5, 5.41) is 3.70. The summed E-state index contributed by atoms with van der Waals surface area (Å²) in [5.41, 5.74) is 1.46. The lowest BCUT2D eigenvalue weighted by Gasteiger charge is -2.37. The Labute approximate surface area is 129 Å². The van der Waals surface area contributed by atoms with Gasteiger partial charge in [-0.2, -0.15) is 0 Å². The third kappa shape index (κ3) is 4.55. The zero-order chi connectivity index (χ0) is 14.5. The molecular weight excluding hydrogens is 256 g/mol. The third-order valence-electron chi connectivity index (χ3n) is 5.23. The summed E-state index contributed by atoms with van der Waals surface area (Å²) in [6.45, 7) is 7.37. The zero-order valence-electron chi connectivity index (χ0n) is 13.4. The van der Waals surface area contributed by atoms with Crippen LogP contribution in [0.25, 0.3) is 0 Å². The summed E-state index contributed by atoms with van der Waals surface area (Å²) >= 11 is 0. The van der Waals surface area contributed by atoms with Crippen LogP contribution in [0, 0.1) is 11.8 Å². The Balaban J connectivity index is 1.49. The molecule has 1 saturated heterocycles. The van der Waals surface area contributed by atoms with Crippen LogP contribution in [0.4, 0.5) is 0 Å². The van der Waals surface area contributed by atoms with Gasteiger partial charge in [0, 0.05) is 32.2 Å². The number of hydrogen-bond donors (Lipinski definition) is 1. The van der Waals surface area contributed by atoms with Crippen molar-refractivity contribution >= 4 is 0 Å².